The molecule has 0 bridgehead atoms. The van der Waals surface area contributed by atoms with Crippen LogP contribution in [0.15, 0.2) is 164 Å². The Labute approximate surface area is 289 Å². The number of rotatable bonds is 3. The summed E-state index contributed by atoms with van der Waals surface area (Å²) in [7, 11) is 0. The molecule has 0 N–H and O–H groups in total. The van der Waals surface area contributed by atoms with Crippen molar-refractivity contribution >= 4 is 66.3 Å². The average Bonchev–Trinajstić information content (AvgIpc) is 3.72. The van der Waals surface area contributed by atoms with Crippen molar-refractivity contribution < 1.29 is 0 Å². The Morgan fingerprint density at radius 1 is 0.551 bits per heavy atom. The Morgan fingerprint density at radius 2 is 1.22 bits per heavy atom. The highest BCUT2D eigenvalue weighted by atomic mass is 32.1. The molecule has 1 nitrogen and oxygen atoms in total. The molecule has 0 spiro atoms. The van der Waals surface area contributed by atoms with Crippen LogP contribution in [0.25, 0.3) is 59.1 Å². The molecule has 0 aliphatic carbocycles. The van der Waals surface area contributed by atoms with Gasteiger partial charge in [0, 0.05) is 47.9 Å². The predicted octanol–water partition coefficient (Wildman–Crippen LogP) is 9.83. The van der Waals surface area contributed by atoms with Gasteiger partial charge in [-0.15, -0.1) is 11.3 Å². The predicted molar refractivity (Wildman–Crippen MR) is 210 cm³/mol. The number of thiophene rings is 1. The lowest BCUT2D eigenvalue weighted by Gasteiger charge is -2.44. The minimum Gasteiger partial charge on any atom is -0.310 e. The molecule has 49 heavy (non-hydrogen) atoms. The molecule has 0 amide bonds. The third-order valence-corrected chi connectivity index (χ3v) is 12.5. The van der Waals surface area contributed by atoms with E-state index in [1.165, 1.54) is 92.2 Å². The van der Waals surface area contributed by atoms with E-state index in [-0.39, 0.29) is 12.1 Å². The highest BCUT2D eigenvalue weighted by Gasteiger charge is 2.47. The lowest BCUT2D eigenvalue weighted by atomic mass is 9.30. The molecule has 2 aliphatic heterocycles. The van der Waals surface area contributed by atoms with Crippen molar-refractivity contribution in [3.05, 3.63) is 180 Å². The largest absolute Gasteiger partial charge is 0.310 e. The first-order chi connectivity index (χ1) is 24.2. The van der Waals surface area contributed by atoms with Crippen LogP contribution in [0.4, 0.5) is 0 Å². The fourth-order valence-corrected chi connectivity index (χ4v) is 10.5. The molecule has 4 heterocycles. The Balaban J connectivity index is 1.32. The smallest absolute Gasteiger partial charge is 0.247 e. The van der Waals surface area contributed by atoms with Crippen molar-refractivity contribution in [2.45, 2.75) is 12.3 Å². The van der Waals surface area contributed by atoms with Crippen LogP contribution in [0.2, 0.25) is 0 Å². The van der Waals surface area contributed by atoms with E-state index in [2.05, 4.69) is 175 Å². The summed E-state index contributed by atoms with van der Waals surface area (Å²) >= 11 is 1.93. The number of fused-ring (bicyclic) bond motifs is 8. The number of benzene rings is 7. The summed E-state index contributed by atoms with van der Waals surface area (Å²) in [4.78, 5) is 1.33. The van der Waals surface area contributed by atoms with E-state index in [0.717, 1.165) is 0 Å². The first kappa shape index (κ1) is 27.3. The molecule has 9 aromatic rings. The van der Waals surface area contributed by atoms with Gasteiger partial charge < -0.3 is 4.57 Å². The first-order valence-electron chi connectivity index (χ1n) is 17.1. The standard InChI is InChI=1S/C46H30BNS/c1-46(31-19-9-4-10-20-31)35-23-14-26-40-43(35)47(37-24-13-22-33-32-21-11-12-25-39(32)48(40)44(33)37)38-27-34-41(28-36(38)46)49-45(30-17-7-3-8-18-30)42(34)29-15-5-2-6-16-29/h2-28H,1H3. The molecule has 0 fully saturated rings. The lowest BCUT2D eigenvalue weighted by Crippen LogP contribution is -2.63. The molecular weight excluding hydrogens is 609 g/mol. The highest BCUT2D eigenvalue weighted by Crippen LogP contribution is 2.49. The van der Waals surface area contributed by atoms with Crippen LogP contribution in [0, 0.1) is 0 Å². The van der Waals surface area contributed by atoms with Crippen molar-refractivity contribution in [3.63, 3.8) is 0 Å². The zero-order chi connectivity index (χ0) is 32.3. The summed E-state index contributed by atoms with van der Waals surface area (Å²) in [6, 6.07) is 61.2. The number of hydrogen-bond acceptors (Lipinski definition) is 1. The van der Waals surface area contributed by atoms with Crippen LogP contribution in [-0.2, 0) is 5.41 Å². The minimum atomic E-state index is -0.342. The molecule has 228 valence electrons. The number of nitrogens with zero attached hydrogens (tertiary/aromatic N) is 1. The van der Waals surface area contributed by atoms with E-state index < -0.39 is 0 Å². The minimum absolute atomic E-state index is 0.117. The van der Waals surface area contributed by atoms with Crippen LogP contribution in [0.5, 0.6) is 0 Å². The van der Waals surface area contributed by atoms with E-state index in [1.807, 2.05) is 11.3 Å². The number of aromatic nitrogens is 1. The maximum Gasteiger partial charge on any atom is 0.247 e. The van der Waals surface area contributed by atoms with Gasteiger partial charge in [0.15, 0.2) is 0 Å². The summed E-state index contributed by atoms with van der Waals surface area (Å²) < 4.78 is 3.89. The zero-order valence-corrected chi connectivity index (χ0v) is 27.8. The van der Waals surface area contributed by atoms with Gasteiger partial charge >= 0.3 is 0 Å². The summed E-state index contributed by atoms with van der Waals surface area (Å²) in [5.41, 5.74) is 15.8. The molecule has 7 aromatic carbocycles. The summed E-state index contributed by atoms with van der Waals surface area (Å²) in [5.74, 6) is 0. The molecule has 0 saturated heterocycles. The van der Waals surface area contributed by atoms with Gasteiger partial charge in [0.25, 0.3) is 0 Å². The number of hydrogen-bond donors (Lipinski definition) is 0. The summed E-state index contributed by atoms with van der Waals surface area (Å²) in [5, 5.41) is 3.98. The molecule has 11 rings (SSSR count). The van der Waals surface area contributed by atoms with E-state index in [0.29, 0.717) is 0 Å². The van der Waals surface area contributed by atoms with Crippen molar-refractivity contribution in [2.75, 3.05) is 0 Å². The van der Waals surface area contributed by atoms with Crippen molar-refractivity contribution in [2.24, 2.45) is 0 Å². The van der Waals surface area contributed by atoms with Crippen LogP contribution in [-0.4, -0.2) is 11.3 Å². The van der Waals surface area contributed by atoms with Gasteiger partial charge in [0.05, 0.1) is 5.52 Å². The zero-order valence-electron chi connectivity index (χ0n) is 27.0. The van der Waals surface area contributed by atoms with Gasteiger partial charge in [-0.2, -0.15) is 0 Å². The monoisotopic (exact) mass is 639 g/mol. The van der Waals surface area contributed by atoms with Crippen LogP contribution < -0.4 is 16.4 Å². The Morgan fingerprint density at radius 3 is 2.02 bits per heavy atom. The second-order valence-corrected chi connectivity index (χ2v) is 14.8. The highest BCUT2D eigenvalue weighted by molar-refractivity contribution is 7.23. The third-order valence-electron chi connectivity index (χ3n) is 11.3. The number of para-hydroxylation sites is 2. The maximum absolute atomic E-state index is 2.58. The molecule has 0 radical (unpaired) electrons. The van der Waals surface area contributed by atoms with Crippen molar-refractivity contribution in [3.8, 4) is 27.3 Å². The SMILES string of the molecule is CC1(c2ccccc2)c2cc3sc(-c4ccccc4)c(-c4ccccc4)c3cc2B2c3c(cccc31)-n1c3ccccc3c3cccc2c31. The quantitative estimate of drug-likeness (QED) is 0.170. The summed E-state index contributed by atoms with van der Waals surface area (Å²) in [6.45, 7) is 2.58. The second kappa shape index (κ2) is 9.95. The van der Waals surface area contributed by atoms with Gasteiger partial charge in [-0.05, 0) is 63.9 Å². The van der Waals surface area contributed by atoms with Gasteiger partial charge in [0.1, 0.15) is 0 Å². The topological polar surface area (TPSA) is 4.93 Å². The van der Waals surface area contributed by atoms with Crippen molar-refractivity contribution in [1.82, 2.24) is 4.57 Å². The van der Waals surface area contributed by atoms with Crippen LogP contribution >= 0.6 is 11.3 Å². The van der Waals surface area contributed by atoms with Gasteiger partial charge in [-0.3, -0.25) is 0 Å². The molecule has 0 saturated carbocycles. The van der Waals surface area contributed by atoms with E-state index in [9.17, 15) is 0 Å². The Hall–Kier alpha value is -5.64. The normalized spacial score (nSPS) is 15.9. The first-order valence-corrected chi connectivity index (χ1v) is 18.0. The molecule has 2 aromatic heterocycles. The van der Waals surface area contributed by atoms with Crippen LogP contribution in [0.1, 0.15) is 23.6 Å². The van der Waals surface area contributed by atoms with E-state index in [1.54, 1.807) is 0 Å². The molecule has 2 aliphatic rings. The molecule has 3 heteroatoms. The van der Waals surface area contributed by atoms with E-state index in [4.69, 9.17) is 0 Å². The molecule has 1 unspecified atom stereocenters. The molecule has 1 atom stereocenters. The third kappa shape index (κ3) is 3.55. The lowest BCUT2D eigenvalue weighted by molar-refractivity contribution is 0.698. The van der Waals surface area contributed by atoms with E-state index >= 15 is 0 Å². The second-order valence-electron chi connectivity index (χ2n) is 13.7. The Bertz CT molecular complexity index is 2780. The Kier molecular flexibility index (Phi) is 5.55. The van der Waals surface area contributed by atoms with Gasteiger partial charge in [-0.1, -0.05) is 151 Å². The fraction of sp³-hybridized carbons (Fsp3) is 0.0435. The van der Waals surface area contributed by atoms with Gasteiger partial charge in [0.2, 0.25) is 6.71 Å². The van der Waals surface area contributed by atoms with Crippen LogP contribution in [0.3, 0.4) is 0 Å². The van der Waals surface area contributed by atoms with Gasteiger partial charge in [-0.25, -0.2) is 0 Å². The summed E-state index contributed by atoms with van der Waals surface area (Å²) in [6.07, 6.45) is 0. The maximum atomic E-state index is 2.58. The molecular formula is C46H30BNS. The average molecular weight is 640 g/mol. The van der Waals surface area contributed by atoms with Crippen molar-refractivity contribution in [1.29, 1.82) is 0 Å². The fourth-order valence-electron chi connectivity index (χ4n) is 9.24.